The lowest BCUT2D eigenvalue weighted by molar-refractivity contribution is -0.143. The number of nitrogens with zero attached hydrogens (tertiary/aromatic N) is 3. The first-order valence-electron chi connectivity index (χ1n) is 6.34. The molecule has 7 nitrogen and oxygen atoms in total. The summed E-state index contributed by atoms with van der Waals surface area (Å²) in [4.78, 5) is 25.4. The van der Waals surface area contributed by atoms with E-state index in [0.29, 0.717) is 18.2 Å². The summed E-state index contributed by atoms with van der Waals surface area (Å²) in [6.45, 7) is 4.72. The zero-order chi connectivity index (χ0) is 13.7. The third-order valence-electron chi connectivity index (χ3n) is 2.81. The van der Waals surface area contributed by atoms with Crippen molar-refractivity contribution in [2.75, 3.05) is 31.5 Å². The second-order valence-corrected chi connectivity index (χ2v) is 5.27. The molecule has 2 rings (SSSR count). The van der Waals surface area contributed by atoms with Crippen molar-refractivity contribution in [3.63, 3.8) is 0 Å². The Morgan fingerprint density at radius 3 is 2.95 bits per heavy atom. The topological polar surface area (TPSA) is 87.2 Å². The van der Waals surface area contributed by atoms with Crippen molar-refractivity contribution in [1.82, 2.24) is 20.4 Å². The fourth-order valence-electron chi connectivity index (χ4n) is 1.79. The highest BCUT2D eigenvalue weighted by Crippen LogP contribution is 2.15. The number of amides is 2. The molecule has 0 atom stereocenters. The molecule has 0 bridgehead atoms. The average Bonchev–Trinajstić information content (AvgIpc) is 2.70. The van der Waals surface area contributed by atoms with Gasteiger partial charge in [0.05, 0.1) is 0 Å². The standard InChI is InChI=1S/C11H17N5O2S/c1-2-8-14-15-11(19-8)13-9(17)10(18)16-6-3-4-12-5-7-16/h12H,2-7H2,1H3,(H,13,15,17). The smallest absolute Gasteiger partial charge is 0.315 e. The van der Waals surface area contributed by atoms with E-state index in [9.17, 15) is 9.59 Å². The molecule has 104 valence electrons. The highest BCUT2D eigenvalue weighted by molar-refractivity contribution is 7.15. The number of carbonyl (C=O) groups excluding carboxylic acids is 2. The fraction of sp³-hybridized carbons (Fsp3) is 0.636. The Balaban J connectivity index is 1.92. The van der Waals surface area contributed by atoms with Gasteiger partial charge >= 0.3 is 11.8 Å². The maximum Gasteiger partial charge on any atom is 0.315 e. The van der Waals surface area contributed by atoms with Gasteiger partial charge in [0.1, 0.15) is 5.01 Å². The molecule has 8 heteroatoms. The monoisotopic (exact) mass is 283 g/mol. The molecule has 19 heavy (non-hydrogen) atoms. The van der Waals surface area contributed by atoms with Crippen molar-refractivity contribution in [1.29, 1.82) is 0 Å². The van der Waals surface area contributed by atoms with Gasteiger partial charge in [0, 0.05) is 19.6 Å². The molecule has 1 aliphatic heterocycles. The number of rotatable bonds is 2. The van der Waals surface area contributed by atoms with Crippen molar-refractivity contribution in [3.05, 3.63) is 5.01 Å². The van der Waals surface area contributed by atoms with E-state index in [2.05, 4.69) is 20.8 Å². The maximum absolute atomic E-state index is 12.0. The van der Waals surface area contributed by atoms with Crippen LogP contribution in [0.15, 0.2) is 0 Å². The summed E-state index contributed by atoms with van der Waals surface area (Å²) >= 11 is 1.29. The fourth-order valence-corrected chi connectivity index (χ4v) is 2.46. The predicted octanol–water partition coefficient (Wildman–Crippen LogP) is -0.139. The Labute approximate surface area is 115 Å². The van der Waals surface area contributed by atoms with Crippen LogP contribution in [0.5, 0.6) is 0 Å². The summed E-state index contributed by atoms with van der Waals surface area (Å²) in [6, 6.07) is 0. The van der Waals surface area contributed by atoms with Crippen molar-refractivity contribution >= 4 is 28.3 Å². The first-order valence-corrected chi connectivity index (χ1v) is 7.15. The minimum atomic E-state index is -0.638. The molecule has 0 unspecified atom stereocenters. The third-order valence-corrected chi connectivity index (χ3v) is 3.79. The maximum atomic E-state index is 12.0. The Hall–Kier alpha value is -1.54. The summed E-state index contributed by atoms with van der Waals surface area (Å²) in [5.74, 6) is -1.14. The number of aromatic nitrogens is 2. The largest absolute Gasteiger partial charge is 0.333 e. The molecule has 0 aliphatic carbocycles. The highest BCUT2D eigenvalue weighted by atomic mass is 32.1. The van der Waals surface area contributed by atoms with Crippen LogP contribution in [0.25, 0.3) is 0 Å². The van der Waals surface area contributed by atoms with E-state index in [1.165, 1.54) is 11.3 Å². The number of hydrogen-bond donors (Lipinski definition) is 2. The SMILES string of the molecule is CCc1nnc(NC(=O)C(=O)N2CCCNCC2)s1. The second-order valence-electron chi connectivity index (χ2n) is 4.20. The van der Waals surface area contributed by atoms with Crippen molar-refractivity contribution in [2.45, 2.75) is 19.8 Å². The van der Waals surface area contributed by atoms with Crippen LogP contribution in [0.1, 0.15) is 18.4 Å². The van der Waals surface area contributed by atoms with E-state index in [0.717, 1.165) is 30.9 Å². The molecule has 2 amide bonds. The summed E-state index contributed by atoms with van der Waals surface area (Å²) in [5, 5.41) is 14.6. The lowest BCUT2D eigenvalue weighted by Gasteiger charge is -2.18. The molecule has 1 aliphatic rings. The van der Waals surface area contributed by atoms with Crippen LogP contribution in [-0.2, 0) is 16.0 Å². The van der Waals surface area contributed by atoms with Gasteiger partial charge in [-0.1, -0.05) is 18.3 Å². The molecular weight excluding hydrogens is 266 g/mol. The quantitative estimate of drug-likeness (QED) is 0.738. The molecule has 2 N–H and O–H groups in total. The third kappa shape index (κ3) is 3.71. The van der Waals surface area contributed by atoms with Crippen LogP contribution >= 0.6 is 11.3 Å². The number of anilines is 1. The lowest BCUT2D eigenvalue weighted by Crippen LogP contribution is -2.41. The van der Waals surface area contributed by atoms with Crippen molar-refractivity contribution in [2.24, 2.45) is 0 Å². The molecular formula is C11H17N5O2S. The number of hydrogen-bond acceptors (Lipinski definition) is 6. The molecule has 2 heterocycles. The van der Waals surface area contributed by atoms with Gasteiger partial charge in [-0.3, -0.25) is 14.9 Å². The van der Waals surface area contributed by atoms with Crippen molar-refractivity contribution < 1.29 is 9.59 Å². The van der Waals surface area contributed by atoms with Gasteiger partial charge in [0.2, 0.25) is 5.13 Å². The van der Waals surface area contributed by atoms with Gasteiger partial charge in [-0.05, 0) is 19.4 Å². The van der Waals surface area contributed by atoms with Gasteiger partial charge in [0.25, 0.3) is 0 Å². The molecule has 1 saturated heterocycles. The molecule has 1 aromatic heterocycles. The highest BCUT2D eigenvalue weighted by Gasteiger charge is 2.23. The Morgan fingerprint density at radius 2 is 2.21 bits per heavy atom. The second kappa shape index (κ2) is 6.58. The molecule has 1 aromatic rings. The Morgan fingerprint density at radius 1 is 1.37 bits per heavy atom. The molecule has 0 saturated carbocycles. The zero-order valence-corrected chi connectivity index (χ0v) is 11.6. The summed E-state index contributed by atoms with van der Waals surface area (Å²) in [6.07, 6.45) is 1.62. The van der Waals surface area contributed by atoms with Crippen LogP contribution in [0.3, 0.4) is 0 Å². The van der Waals surface area contributed by atoms with Gasteiger partial charge < -0.3 is 10.2 Å². The number of nitrogens with one attached hydrogen (secondary N) is 2. The molecule has 1 fully saturated rings. The van der Waals surface area contributed by atoms with E-state index < -0.39 is 11.8 Å². The van der Waals surface area contributed by atoms with E-state index in [-0.39, 0.29) is 0 Å². The molecule has 0 spiro atoms. The number of aryl methyl sites for hydroxylation is 1. The van der Waals surface area contributed by atoms with Gasteiger partial charge in [-0.25, -0.2) is 0 Å². The van der Waals surface area contributed by atoms with Crippen molar-refractivity contribution in [3.8, 4) is 0 Å². The lowest BCUT2D eigenvalue weighted by atomic mass is 10.3. The normalized spacial score (nSPS) is 15.9. The van der Waals surface area contributed by atoms with Crippen LogP contribution in [0.4, 0.5) is 5.13 Å². The van der Waals surface area contributed by atoms with Crippen LogP contribution in [0, 0.1) is 0 Å². The first-order chi connectivity index (χ1) is 9.20. The first kappa shape index (κ1) is 13.9. The average molecular weight is 283 g/mol. The van der Waals surface area contributed by atoms with E-state index in [1.807, 2.05) is 6.92 Å². The molecule has 0 aromatic carbocycles. The van der Waals surface area contributed by atoms with E-state index in [1.54, 1.807) is 4.90 Å². The zero-order valence-electron chi connectivity index (χ0n) is 10.8. The summed E-state index contributed by atoms with van der Waals surface area (Å²) < 4.78 is 0. The summed E-state index contributed by atoms with van der Waals surface area (Å²) in [7, 11) is 0. The van der Waals surface area contributed by atoms with E-state index >= 15 is 0 Å². The minimum Gasteiger partial charge on any atom is -0.333 e. The van der Waals surface area contributed by atoms with Crippen LogP contribution < -0.4 is 10.6 Å². The van der Waals surface area contributed by atoms with Crippen LogP contribution in [-0.4, -0.2) is 53.1 Å². The van der Waals surface area contributed by atoms with Gasteiger partial charge in [-0.15, -0.1) is 10.2 Å². The molecule has 0 radical (unpaired) electrons. The van der Waals surface area contributed by atoms with Crippen LogP contribution in [0.2, 0.25) is 0 Å². The minimum absolute atomic E-state index is 0.378. The van der Waals surface area contributed by atoms with E-state index in [4.69, 9.17) is 0 Å². The Bertz CT molecular complexity index is 454. The van der Waals surface area contributed by atoms with Gasteiger partial charge in [0.15, 0.2) is 0 Å². The Kier molecular flexibility index (Phi) is 4.80. The predicted molar refractivity (Wildman–Crippen MR) is 72.0 cm³/mol. The number of carbonyl (C=O) groups is 2. The summed E-state index contributed by atoms with van der Waals surface area (Å²) in [5.41, 5.74) is 0. The van der Waals surface area contributed by atoms with Gasteiger partial charge in [-0.2, -0.15) is 0 Å².